The Kier molecular flexibility index (Phi) is 9.69. The van der Waals surface area contributed by atoms with Crippen molar-refractivity contribution in [3.05, 3.63) is 0 Å². The van der Waals surface area contributed by atoms with Gasteiger partial charge in [-0.25, -0.2) is 4.79 Å². The first kappa shape index (κ1) is 14.8. The minimum atomic E-state index is -0.763. The summed E-state index contributed by atoms with van der Waals surface area (Å²) < 4.78 is 0. The fourth-order valence-electron chi connectivity index (χ4n) is 0.507. The predicted octanol–water partition coefficient (Wildman–Crippen LogP) is -1.81. The first-order chi connectivity index (χ1) is 5.11. The molecule has 0 radical (unpaired) electrons. The van der Waals surface area contributed by atoms with Crippen molar-refractivity contribution in [1.29, 1.82) is 0 Å². The summed E-state index contributed by atoms with van der Waals surface area (Å²) in [6.45, 7) is 1.29. The van der Waals surface area contributed by atoms with E-state index in [-0.39, 0.29) is 41.2 Å². The first-order valence-corrected chi connectivity index (χ1v) is 3.53. The van der Waals surface area contributed by atoms with Gasteiger partial charge in [0, 0.05) is 12.7 Å². The van der Waals surface area contributed by atoms with Crippen LogP contribution in [0.15, 0.2) is 0 Å². The Morgan fingerprint density at radius 3 is 2.42 bits per heavy atom. The number of carbonyl (C=O) groups excluding carboxylic acids is 2. The molecular formula is C5H11N2NaO3S. The van der Waals surface area contributed by atoms with Crippen LogP contribution in [0, 0.1) is 0 Å². The predicted molar refractivity (Wildman–Crippen MR) is 48.9 cm³/mol. The zero-order valence-electron chi connectivity index (χ0n) is 6.03. The quantitative estimate of drug-likeness (QED) is 0.286. The number of hydrogen-bond donors (Lipinski definition) is 3. The van der Waals surface area contributed by atoms with Crippen LogP contribution in [0.25, 0.3) is 0 Å². The molecule has 0 unspecified atom stereocenters. The van der Waals surface area contributed by atoms with E-state index < -0.39 is 12.0 Å². The molecule has 0 aromatic heterocycles. The van der Waals surface area contributed by atoms with Gasteiger partial charge in [0.15, 0.2) is 0 Å². The molecule has 7 heteroatoms. The van der Waals surface area contributed by atoms with Crippen LogP contribution < -0.4 is 11.2 Å². The second kappa shape index (κ2) is 7.88. The number of nitrogens with one attached hydrogen (secondary N) is 1. The number of carbonyl (C=O) groups is 2. The third kappa shape index (κ3) is 5.84. The van der Waals surface area contributed by atoms with Gasteiger partial charge >= 0.3 is 35.5 Å². The SMILES string of the molecule is CC(=O)N[C@@H](CS)C(=O)ON.[NaH]. The van der Waals surface area contributed by atoms with E-state index in [0.29, 0.717) is 0 Å². The summed E-state index contributed by atoms with van der Waals surface area (Å²) in [5.74, 6) is 3.73. The van der Waals surface area contributed by atoms with Crippen molar-refractivity contribution < 1.29 is 14.4 Å². The molecule has 0 saturated heterocycles. The van der Waals surface area contributed by atoms with Gasteiger partial charge in [-0.3, -0.25) is 4.79 Å². The molecule has 0 bridgehead atoms. The van der Waals surface area contributed by atoms with Crippen LogP contribution in [-0.4, -0.2) is 53.2 Å². The zero-order valence-corrected chi connectivity index (χ0v) is 6.93. The molecular weight excluding hydrogens is 191 g/mol. The van der Waals surface area contributed by atoms with Crippen LogP contribution in [0.3, 0.4) is 0 Å². The molecule has 0 aliphatic rings. The molecule has 0 fully saturated rings. The van der Waals surface area contributed by atoms with Crippen molar-refractivity contribution in [3.63, 3.8) is 0 Å². The molecule has 0 spiro atoms. The summed E-state index contributed by atoms with van der Waals surface area (Å²) in [6, 6.07) is -0.763. The fraction of sp³-hybridized carbons (Fsp3) is 0.600. The summed E-state index contributed by atoms with van der Waals surface area (Å²) in [7, 11) is 0. The molecule has 0 aromatic rings. The Morgan fingerprint density at radius 2 is 2.17 bits per heavy atom. The van der Waals surface area contributed by atoms with Gasteiger partial charge in [-0.05, 0) is 0 Å². The van der Waals surface area contributed by atoms with Crippen LogP contribution in [0.2, 0.25) is 0 Å². The number of nitrogens with two attached hydrogens (primary N) is 1. The van der Waals surface area contributed by atoms with Crippen molar-refractivity contribution in [1.82, 2.24) is 5.32 Å². The standard InChI is InChI=1S/C5H10N2O3S.Na.H/c1-3(8)7-4(2-11)5(9)10-6;;/h4,11H,2,6H2,1H3,(H,7,8);;/t4-;;/m0../s1. The normalized spacial score (nSPS) is 10.9. The number of amides is 1. The second-order valence-corrected chi connectivity index (χ2v) is 2.24. The van der Waals surface area contributed by atoms with Gasteiger partial charge in [-0.1, -0.05) is 0 Å². The first-order valence-electron chi connectivity index (χ1n) is 2.90. The van der Waals surface area contributed by atoms with Gasteiger partial charge in [0.25, 0.3) is 0 Å². The van der Waals surface area contributed by atoms with Crippen LogP contribution in [-0.2, 0) is 14.4 Å². The number of rotatable bonds is 3. The van der Waals surface area contributed by atoms with E-state index >= 15 is 0 Å². The molecule has 3 N–H and O–H groups in total. The molecule has 0 rings (SSSR count). The molecule has 0 aliphatic heterocycles. The molecule has 0 aliphatic carbocycles. The maximum absolute atomic E-state index is 10.7. The summed E-state index contributed by atoms with van der Waals surface area (Å²) in [6.07, 6.45) is 0. The van der Waals surface area contributed by atoms with E-state index in [1.807, 2.05) is 0 Å². The van der Waals surface area contributed by atoms with Crippen molar-refractivity contribution in [2.75, 3.05) is 5.75 Å². The van der Waals surface area contributed by atoms with Crippen molar-refractivity contribution in [3.8, 4) is 0 Å². The molecule has 1 atom stereocenters. The molecule has 1 amide bonds. The van der Waals surface area contributed by atoms with Gasteiger partial charge in [0.1, 0.15) is 6.04 Å². The van der Waals surface area contributed by atoms with Crippen molar-refractivity contribution in [2.45, 2.75) is 13.0 Å². The Morgan fingerprint density at radius 1 is 1.67 bits per heavy atom. The number of hydrogen-bond acceptors (Lipinski definition) is 5. The Labute approximate surface area is 98.0 Å². The molecule has 0 saturated carbocycles. The Bertz CT molecular complexity index is 167. The minimum absolute atomic E-state index is 0. The van der Waals surface area contributed by atoms with Crippen LogP contribution >= 0.6 is 12.6 Å². The van der Waals surface area contributed by atoms with Crippen LogP contribution in [0.5, 0.6) is 0 Å². The Balaban J connectivity index is 0. The topological polar surface area (TPSA) is 81.4 Å². The second-order valence-electron chi connectivity index (χ2n) is 1.87. The van der Waals surface area contributed by atoms with E-state index in [2.05, 4.69) is 28.7 Å². The summed E-state index contributed by atoms with van der Waals surface area (Å²) in [4.78, 5) is 25.0. The van der Waals surface area contributed by atoms with Gasteiger partial charge in [0.2, 0.25) is 5.91 Å². The van der Waals surface area contributed by atoms with Gasteiger partial charge < -0.3 is 10.2 Å². The average molecular weight is 202 g/mol. The van der Waals surface area contributed by atoms with Crippen molar-refractivity contribution >= 4 is 54.1 Å². The van der Waals surface area contributed by atoms with E-state index in [1.54, 1.807) is 0 Å². The Hall–Kier alpha value is 0.250. The van der Waals surface area contributed by atoms with Crippen LogP contribution in [0.1, 0.15) is 6.92 Å². The van der Waals surface area contributed by atoms with E-state index in [0.717, 1.165) is 0 Å². The third-order valence-corrected chi connectivity index (χ3v) is 1.33. The van der Waals surface area contributed by atoms with E-state index in [4.69, 9.17) is 0 Å². The van der Waals surface area contributed by atoms with E-state index in [1.165, 1.54) is 6.92 Å². The summed E-state index contributed by atoms with van der Waals surface area (Å²) in [5.41, 5.74) is 0. The fourth-order valence-corrected chi connectivity index (χ4v) is 0.747. The molecule has 0 heterocycles. The van der Waals surface area contributed by atoms with E-state index in [9.17, 15) is 9.59 Å². The maximum atomic E-state index is 10.7. The average Bonchev–Trinajstić information content (AvgIpc) is 1.98. The summed E-state index contributed by atoms with van der Waals surface area (Å²) >= 11 is 3.81. The molecule has 5 nitrogen and oxygen atoms in total. The number of thiol groups is 1. The van der Waals surface area contributed by atoms with Gasteiger partial charge in [0.05, 0.1) is 0 Å². The monoisotopic (exact) mass is 202 g/mol. The molecule has 66 valence electrons. The van der Waals surface area contributed by atoms with Gasteiger partial charge in [-0.15, -0.1) is 0 Å². The van der Waals surface area contributed by atoms with Crippen molar-refractivity contribution in [2.24, 2.45) is 5.90 Å². The third-order valence-electron chi connectivity index (χ3n) is 0.961. The van der Waals surface area contributed by atoms with Gasteiger partial charge in [-0.2, -0.15) is 18.5 Å². The summed E-state index contributed by atoms with van der Waals surface area (Å²) in [5, 5.41) is 2.31. The van der Waals surface area contributed by atoms with Crippen LogP contribution in [0.4, 0.5) is 0 Å². The zero-order chi connectivity index (χ0) is 8.85. The molecule has 0 aromatic carbocycles. The molecule has 12 heavy (non-hydrogen) atoms.